The zero-order chi connectivity index (χ0) is 22.1. The van der Waals surface area contributed by atoms with Gasteiger partial charge in [0.15, 0.2) is 0 Å². The molecule has 0 bridgehead atoms. The first kappa shape index (κ1) is 33.9. The van der Waals surface area contributed by atoms with Crippen molar-refractivity contribution >= 4 is 8.80 Å². The number of benzene rings is 3. The van der Waals surface area contributed by atoms with Gasteiger partial charge in [-0.05, 0) is 30.9 Å². The van der Waals surface area contributed by atoms with Crippen LogP contribution in [0.3, 0.4) is 0 Å². The predicted molar refractivity (Wildman–Crippen MR) is 136 cm³/mol. The van der Waals surface area contributed by atoms with Crippen LogP contribution >= 0.6 is 0 Å². The van der Waals surface area contributed by atoms with E-state index in [1.807, 2.05) is 0 Å². The van der Waals surface area contributed by atoms with Crippen molar-refractivity contribution in [2.75, 3.05) is 0 Å². The van der Waals surface area contributed by atoms with E-state index in [1.165, 1.54) is 27.8 Å². The second kappa shape index (κ2) is 14.0. The molecule has 0 radical (unpaired) electrons. The van der Waals surface area contributed by atoms with E-state index < -0.39 is 8.80 Å². The van der Waals surface area contributed by atoms with Crippen molar-refractivity contribution in [1.82, 2.24) is 0 Å². The molecule has 0 N–H and O–H groups in total. The molecule has 0 heterocycles. The molecule has 0 aromatic heterocycles. The van der Waals surface area contributed by atoms with E-state index in [0.29, 0.717) is 0 Å². The largest absolute Gasteiger partial charge is 4.00 e. The smallest absolute Gasteiger partial charge is 1.00 e. The molecular formula is C30H33Cl3SiTi. The number of halogens is 3. The fraction of sp³-hybridized carbons (Fsp3) is 0.267. The quantitative estimate of drug-likeness (QED) is 0.198. The summed E-state index contributed by atoms with van der Waals surface area (Å²) in [7, 11) is -1.07. The molecule has 5 heteroatoms. The molecule has 0 atom stereocenters. The van der Waals surface area contributed by atoms with Crippen molar-refractivity contribution in [2.45, 2.75) is 45.7 Å². The Labute approximate surface area is 247 Å². The molecule has 0 nitrogen and oxygen atoms in total. The molecule has 4 rings (SSSR count). The molecule has 0 amide bonds. The molecular weight excluding hydrogens is 543 g/mol. The molecule has 0 fully saturated rings. The van der Waals surface area contributed by atoms with Crippen molar-refractivity contribution in [3.8, 4) is 0 Å². The Balaban J connectivity index is 0.00000289. The summed E-state index contributed by atoms with van der Waals surface area (Å²) in [5.41, 5.74) is 6.54. The Morgan fingerprint density at radius 3 is 1.26 bits per heavy atom. The SMILES string of the molecule is C[SiH](C)C1=C(C(c2ccccc2)(c2ccccc2)c2ccccc2)[C-]=C(C(C)(C)C)C1.[Cl-].[Cl-].[Cl-].[Ti+4]. The van der Waals surface area contributed by atoms with Gasteiger partial charge in [0.25, 0.3) is 0 Å². The molecule has 0 saturated heterocycles. The van der Waals surface area contributed by atoms with Gasteiger partial charge in [-0.3, -0.25) is 0 Å². The van der Waals surface area contributed by atoms with E-state index in [-0.39, 0.29) is 69.8 Å². The summed E-state index contributed by atoms with van der Waals surface area (Å²) < 4.78 is 0. The van der Waals surface area contributed by atoms with Crippen LogP contribution in [0.1, 0.15) is 43.9 Å². The molecule has 1 aliphatic carbocycles. The Morgan fingerprint density at radius 2 is 0.971 bits per heavy atom. The topological polar surface area (TPSA) is 0 Å². The minimum atomic E-state index is -1.07. The molecule has 35 heavy (non-hydrogen) atoms. The third-order valence-corrected chi connectivity index (χ3v) is 8.45. The van der Waals surface area contributed by atoms with Gasteiger partial charge in [0, 0.05) is 5.41 Å². The summed E-state index contributed by atoms with van der Waals surface area (Å²) in [5.74, 6) is 0. The van der Waals surface area contributed by atoms with E-state index in [4.69, 9.17) is 0 Å². The molecule has 0 aliphatic heterocycles. The second-order valence-electron chi connectivity index (χ2n) is 9.93. The van der Waals surface area contributed by atoms with Crippen LogP contribution in [-0.2, 0) is 27.1 Å². The molecule has 3 aromatic rings. The predicted octanol–water partition coefficient (Wildman–Crippen LogP) is -1.47. The molecule has 0 saturated carbocycles. The first-order valence-corrected chi connectivity index (χ1v) is 14.3. The maximum Gasteiger partial charge on any atom is 4.00 e. The second-order valence-corrected chi connectivity index (χ2v) is 12.9. The molecule has 0 unspecified atom stereocenters. The average molecular weight is 576 g/mol. The number of hydrogen-bond acceptors (Lipinski definition) is 0. The fourth-order valence-electron chi connectivity index (χ4n) is 4.83. The van der Waals surface area contributed by atoms with Crippen molar-refractivity contribution < 1.29 is 58.9 Å². The van der Waals surface area contributed by atoms with E-state index in [9.17, 15) is 0 Å². The standard InChI is InChI=1S/C30H33Si.3ClH.Ti/c1-29(2,3)26-21-27(28(22-26)31(4)5)30(23-15-9-6-10-16-23,24-17-11-7-12-18-24)25-19-13-8-14-20-25;;;;/h6-20,31H,22H2,1-5H3;3*1H;/q-1;;;;+4/p-3. The molecule has 3 aromatic carbocycles. The molecule has 0 spiro atoms. The van der Waals surface area contributed by atoms with E-state index in [0.717, 1.165) is 6.42 Å². The first-order valence-electron chi connectivity index (χ1n) is 11.4. The van der Waals surface area contributed by atoms with E-state index in [1.54, 1.807) is 5.20 Å². The summed E-state index contributed by atoms with van der Waals surface area (Å²) >= 11 is 0. The number of allylic oxidation sites excluding steroid dienone is 4. The number of rotatable bonds is 5. The summed E-state index contributed by atoms with van der Waals surface area (Å²) in [4.78, 5) is 0. The van der Waals surface area contributed by atoms with Crippen LogP contribution in [-0.4, -0.2) is 8.80 Å². The van der Waals surface area contributed by atoms with Crippen LogP contribution in [0.25, 0.3) is 0 Å². The van der Waals surface area contributed by atoms with Gasteiger partial charge in [-0.1, -0.05) is 131 Å². The monoisotopic (exact) mass is 574 g/mol. The molecule has 182 valence electrons. The van der Waals surface area contributed by atoms with Crippen molar-refractivity contribution in [3.05, 3.63) is 130 Å². The average Bonchev–Trinajstić information content (AvgIpc) is 3.23. The van der Waals surface area contributed by atoms with Crippen molar-refractivity contribution in [1.29, 1.82) is 0 Å². The van der Waals surface area contributed by atoms with Crippen LogP contribution in [0.2, 0.25) is 13.1 Å². The Hall–Kier alpha value is -1.06. The van der Waals surface area contributed by atoms with Gasteiger partial charge >= 0.3 is 21.7 Å². The zero-order valence-corrected chi connectivity index (χ0v) is 26.1. The van der Waals surface area contributed by atoms with E-state index >= 15 is 0 Å². The molecule has 1 aliphatic rings. The Kier molecular flexibility index (Phi) is 13.6. The Morgan fingerprint density at radius 1 is 0.629 bits per heavy atom. The van der Waals surface area contributed by atoms with Gasteiger partial charge in [0.1, 0.15) is 0 Å². The third-order valence-electron chi connectivity index (χ3n) is 6.56. The first-order chi connectivity index (χ1) is 14.8. The van der Waals surface area contributed by atoms with Gasteiger partial charge in [-0.25, -0.2) is 16.8 Å². The van der Waals surface area contributed by atoms with Crippen molar-refractivity contribution in [2.24, 2.45) is 5.41 Å². The summed E-state index contributed by atoms with van der Waals surface area (Å²) in [6.07, 6.45) is 5.10. The third kappa shape index (κ3) is 6.64. The summed E-state index contributed by atoms with van der Waals surface area (Å²) in [5, 5.41) is 1.64. The summed E-state index contributed by atoms with van der Waals surface area (Å²) in [6, 6.07) is 33.2. The maximum atomic E-state index is 4.03. The fourth-order valence-corrected chi connectivity index (χ4v) is 6.31. The van der Waals surface area contributed by atoms with Gasteiger partial charge in [0.05, 0.1) is 0 Å². The maximum absolute atomic E-state index is 4.03. The van der Waals surface area contributed by atoms with Crippen LogP contribution in [0.15, 0.2) is 107 Å². The summed E-state index contributed by atoms with van der Waals surface area (Å²) in [6.45, 7) is 11.9. The van der Waals surface area contributed by atoms with Crippen LogP contribution in [0.4, 0.5) is 0 Å². The minimum absolute atomic E-state index is 0. The van der Waals surface area contributed by atoms with Gasteiger partial charge in [0.2, 0.25) is 0 Å². The number of hydrogen-bond donors (Lipinski definition) is 0. The zero-order valence-electron chi connectivity index (χ0n) is 21.1. The van der Waals surface area contributed by atoms with Gasteiger partial charge in [-0.15, -0.1) is 0 Å². The minimum Gasteiger partial charge on any atom is -1.00 e. The van der Waals surface area contributed by atoms with Crippen LogP contribution < -0.4 is 37.2 Å². The van der Waals surface area contributed by atoms with E-state index in [2.05, 4.69) is 131 Å². The normalized spacial score (nSPS) is 13.1. The van der Waals surface area contributed by atoms with Gasteiger partial charge in [-0.2, -0.15) is 5.57 Å². The van der Waals surface area contributed by atoms with Crippen molar-refractivity contribution in [3.63, 3.8) is 0 Å². The van der Waals surface area contributed by atoms with Gasteiger partial charge < -0.3 is 37.2 Å². The Bertz CT molecular complexity index is 1010. The van der Waals surface area contributed by atoms with Crippen LogP contribution in [0, 0.1) is 11.5 Å². The van der Waals surface area contributed by atoms with Crippen LogP contribution in [0.5, 0.6) is 0 Å².